The van der Waals surface area contributed by atoms with Crippen LogP contribution in [0.2, 0.25) is 0 Å². The summed E-state index contributed by atoms with van der Waals surface area (Å²) >= 11 is 0. The van der Waals surface area contributed by atoms with Gasteiger partial charge in [0.1, 0.15) is 11.3 Å². The Morgan fingerprint density at radius 1 is 1.00 bits per heavy atom. The lowest BCUT2D eigenvalue weighted by atomic mass is 10.1. The van der Waals surface area contributed by atoms with Crippen molar-refractivity contribution in [2.24, 2.45) is 0 Å². The molecule has 0 fully saturated rings. The Hall–Kier alpha value is -2.06. The van der Waals surface area contributed by atoms with Gasteiger partial charge in [-0.2, -0.15) is 0 Å². The molecule has 0 amide bonds. The van der Waals surface area contributed by atoms with Crippen molar-refractivity contribution in [3.05, 3.63) is 71.0 Å². The van der Waals surface area contributed by atoms with Gasteiger partial charge in [0.25, 0.3) is 0 Å². The predicted octanol–water partition coefficient (Wildman–Crippen LogP) is 4.90. The van der Waals surface area contributed by atoms with Crippen molar-refractivity contribution in [3.63, 3.8) is 0 Å². The van der Waals surface area contributed by atoms with Crippen LogP contribution in [0.15, 0.2) is 52.9 Å². The highest BCUT2D eigenvalue weighted by atomic mass is 16.3. The average molecular weight is 279 g/mol. The summed E-state index contributed by atoms with van der Waals surface area (Å²) in [4.78, 5) is 0. The normalized spacial score (nSPS) is 12.7. The second kappa shape index (κ2) is 5.74. The summed E-state index contributed by atoms with van der Waals surface area (Å²) in [6.07, 6.45) is 0. The third-order valence-corrected chi connectivity index (χ3v) is 4.06. The maximum Gasteiger partial charge on any atom is 0.134 e. The van der Waals surface area contributed by atoms with Gasteiger partial charge in [-0.3, -0.25) is 0 Å². The first-order valence-electron chi connectivity index (χ1n) is 7.42. The zero-order valence-corrected chi connectivity index (χ0v) is 12.8. The van der Waals surface area contributed by atoms with E-state index in [9.17, 15) is 0 Å². The van der Waals surface area contributed by atoms with Crippen LogP contribution in [0.4, 0.5) is 0 Å². The zero-order valence-electron chi connectivity index (χ0n) is 12.8. The van der Waals surface area contributed by atoms with E-state index >= 15 is 0 Å². The lowest BCUT2D eigenvalue weighted by Gasteiger charge is -2.14. The van der Waals surface area contributed by atoms with Crippen LogP contribution in [-0.2, 0) is 6.54 Å². The van der Waals surface area contributed by atoms with Crippen LogP contribution in [-0.4, -0.2) is 0 Å². The van der Waals surface area contributed by atoms with Crippen LogP contribution in [0.1, 0.15) is 35.4 Å². The largest absolute Gasteiger partial charge is 0.461 e. The van der Waals surface area contributed by atoms with Crippen LogP contribution in [0, 0.1) is 13.8 Å². The monoisotopic (exact) mass is 279 g/mol. The molecule has 0 spiro atoms. The molecule has 1 unspecified atom stereocenters. The van der Waals surface area contributed by atoms with E-state index in [1.54, 1.807) is 0 Å². The van der Waals surface area contributed by atoms with Gasteiger partial charge in [-0.25, -0.2) is 0 Å². The SMILES string of the molecule is Cc1ccc(C(C)NCc2c(C)oc3ccccc23)cc1. The molecule has 0 aliphatic rings. The lowest BCUT2D eigenvalue weighted by Crippen LogP contribution is -2.18. The molecule has 1 atom stereocenters. The first-order chi connectivity index (χ1) is 10.1. The molecule has 0 saturated heterocycles. The van der Waals surface area contributed by atoms with E-state index in [4.69, 9.17) is 4.42 Å². The van der Waals surface area contributed by atoms with E-state index in [1.807, 2.05) is 19.1 Å². The Morgan fingerprint density at radius 2 is 1.71 bits per heavy atom. The van der Waals surface area contributed by atoms with Gasteiger partial charge in [-0.05, 0) is 32.4 Å². The Balaban J connectivity index is 1.77. The fourth-order valence-corrected chi connectivity index (χ4v) is 2.67. The molecule has 3 aromatic rings. The van der Waals surface area contributed by atoms with Gasteiger partial charge in [0.2, 0.25) is 0 Å². The molecular formula is C19H21NO. The van der Waals surface area contributed by atoms with Gasteiger partial charge >= 0.3 is 0 Å². The fraction of sp³-hybridized carbons (Fsp3) is 0.263. The third-order valence-electron chi connectivity index (χ3n) is 4.06. The van der Waals surface area contributed by atoms with E-state index in [2.05, 4.69) is 55.6 Å². The number of aryl methyl sites for hydroxylation is 2. The zero-order chi connectivity index (χ0) is 14.8. The van der Waals surface area contributed by atoms with Crippen LogP contribution < -0.4 is 5.32 Å². The predicted molar refractivity (Wildman–Crippen MR) is 87.4 cm³/mol. The summed E-state index contributed by atoms with van der Waals surface area (Å²) in [6.45, 7) is 7.16. The summed E-state index contributed by atoms with van der Waals surface area (Å²) in [5.41, 5.74) is 4.83. The Bertz CT molecular complexity index is 740. The van der Waals surface area contributed by atoms with Crippen LogP contribution >= 0.6 is 0 Å². The van der Waals surface area contributed by atoms with E-state index in [-0.39, 0.29) is 0 Å². The second-order valence-electron chi connectivity index (χ2n) is 5.65. The Morgan fingerprint density at radius 3 is 2.48 bits per heavy atom. The molecule has 2 nitrogen and oxygen atoms in total. The van der Waals surface area contributed by atoms with Crippen LogP contribution in [0.3, 0.4) is 0 Å². The minimum absolute atomic E-state index is 0.318. The van der Waals surface area contributed by atoms with Gasteiger partial charge in [0, 0.05) is 23.5 Å². The highest BCUT2D eigenvalue weighted by molar-refractivity contribution is 5.82. The van der Waals surface area contributed by atoms with Crippen molar-refractivity contribution in [2.75, 3.05) is 0 Å². The van der Waals surface area contributed by atoms with Gasteiger partial charge in [0.15, 0.2) is 0 Å². The molecule has 0 aliphatic heterocycles. The van der Waals surface area contributed by atoms with Crippen molar-refractivity contribution in [2.45, 2.75) is 33.4 Å². The van der Waals surface area contributed by atoms with Gasteiger partial charge < -0.3 is 9.73 Å². The van der Waals surface area contributed by atoms with Crippen molar-refractivity contribution in [1.29, 1.82) is 0 Å². The van der Waals surface area contributed by atoms with E-state index < -0.39 is 0 Å². The topological polar surface area (TPSA) is 25.2 Å². The number of nitrogens with one attached hydrogen (secondary N) is 1. The molecule has 3 rings (SSSR count). The average Bonchev–Trinajstić information content (AvgIpc) is 2.81. The van der Waals surface area contributed by atoms with Crippen molar-refractivity contribution < 1.29 is 4.42 Å². The Kier molecular flexibility index (Phi) is 3.80. The van der Waals surface area contributed by atoms with E-state index in [1.165, 1.54) is 22.1 Å². The minimum atomic E-state index is 0.318. The molecule has 21 heavy (non-hydrogen) atoms. The number of hydrogen-bond donors (Lipinski definition) is 1. The number of rotatable bonds is 4. The molecule has 0 saturated carbocycles. The molecule has 0 aliphatic carbocycles. The van der Waals surface area contributed by atoms with Crippen molar-refractivity contribution >= 4 is 11.0 Å². The lowest BCUT2D eigenvalue weighted by molar-refractivity contribution is 0.544. The number of para-hydroxylation sites is 1. The maximum absolute atomic E-state index is 5.81. The smallest absolute Gasteiger partial charge is 0.134 e. The van der Waals surface area contributed by atoms with E-state index in [0.29, 0.717) is 6.04 Å². The molecule has 1 heterocycles. The van der Waals surface area contributed by atoms with Gasteiger partial charge in [-0.15, -0.1) is 0 Å². The standard InChI is InChI=1S/C19H21NO/c1-13-8-10-16(11-9-13)14(2)20-12-18-15(3)21-19-7-5-4-6-17(18)19/h4-11,14,20H,12H2,1-3H3. The molecule has 1 aromatic heterocycles. The maximum atomic E-state index is 5.81. The fourth-order valence-electron chi connectivity index (χ4n) is 2.67. The molecule has 0 bridgehead atoms. The summed E-state index contributed by atoms with van der Waals surface area (Å²) in [5, 5.41) is 4.80. The quantitative estimate of drug-likeness (QED) is 0.734. The van der Waals surface area contributed by atoms with Gasteiger partial charge in [0.05, 0.1) is 0 Å². The second-order valence-corrected chi connectivity index (χ2v) is 5.65. The van der Waals surface area contributed by atoms with Crippen LogP contribution in [0.25, 0.3) is 11.0 Å². The number of furan rings is 1. The molecule has 2 heteroatoms. The molecule has 108 valence electrons. The highest BCUT2D eigenvalue weighted by Gasteiger charge is 2.12. The van der Waals surface area contributed by atoms with E-state index in [0.717, 1.165) is 17.9 Å². The first-order valence-corrected chi connectivity index (χ1v) is 7.42. The summed E-state index contributed by atoms with van der Waals surface area (Å²) < 4.78 is 5.81. The highest BCUT2D eigenvalue weighted by Crippen LogP contribution is 2.25. The van der Waals surface area contributed by atoms with Crippen LogP contribution in [0.5, 0.6) is 0 Å². The third kappa shape index (κ3) is 2.86. The minimum Gasteiger partial charge on any atom is -0.461 e. The molecule has 2 aromatic carbocycles. The number of fused-ring (bicyclic) bond motifs is 1. The molecular weight excluding hydrogens is 258 g/mol. The summed E-state index contributed by atoms with van der Waals surface area (Å²) in [5.74, 6) is 1.000. The van der Waals surface area contributed by atoms with Gasteiger partial charge in [-0.1, -0.05) is 48.0 Å². The Labute approximate surface area is 125 Å². The summed E-state index contributed by atoms with van der Waals surface area (Å²) in [6, 6.07) is 17.2. The number of benzene rings is 2. The first kappa shape index (κ1) is 13.9. The number of hydrogen-bond acceptors (Lipinski definition) is 2. The summed E-state index contributed by atoms with van der Waals surface area (Å²) in [7, 11) is 0. The molecule has 1 N–H and O–H groups in total. The van der Waals surface area contributed by atoms with Crippen molar-refractivity contribution in [3.8, 4) is 0 Å². The van der Waals surface area contributed by atoms with Crippen molar-refractivity contribution in [1.82, 2.24) is 5.32 Å². The molecule has 0 radical (unpaired) electrons.